The molecule has 3 heterocycles. The lowest BCUT2D eigenvalue weighted by Gasteiger charge is -2.36. The third-order valence-corrected chi connectivity index (χ3v) is 5.57. The fourth-order valence-electron chi connectivity index (χ4n) is 3.82. The second-order valence-electron chi connectivity index (χ2n) is 9.08. The normalized spacial score (nSPS) is 19.6. The lowest BCUT2D eigenvalue weighted by Crippen LogP contribution is -2.49. The first-order chi connectivity index (χ1) is 14.2. The molecule has 30 heavy (non-hydrogen) atoms. The smallest absolute Gasteiger partial charge is 0.407 e. The van der Waals surface area contributed by atoms with Gasteiger partial charge in [0.25, 0.3) is 0 Å². The first kappa shape index (κ1) is 20.8. The zero-order valence-corrected chi connectivity index (χ0v) is 18.3. The van der Waals surface area contributed by atoms with E-state index < -0.39 is 11.7 Å². The van der Waals surface area contributed by atoms with Gasteiger partial charge in [0, 0.05) is 31.2 Å². The summed E-state index contributed by atoms with van der Waals surface area (Å²) >= 11 is 6.57. The number of H-pyrrole nitrogens is 1. The number of carbonyl (C=O) groups is 2. The van der Waals surface area contributed by atoms with Crippen molar-refractivity contribution >= 4 is 46.0 Å². The minimum absolute atomic E-state index is 0.0324. The van der Waals surface area contributed by atoms with E-state index in [-0.39, 0.29) is 17.9 Å². The molecule has 0 radical (unpaired) electrons. The summed E-state index contributed by atoms with van der Waals surface area (Å²) in [4.78, 5) is 34.2. The first-order valence-corrected chi connectivity index (χ1v) is 10.8. The lowest BCUT2D eigenvalue weighted by atomic mass is 10.0. The Morgan fingerprint density at radius 3 is 2.77 bits per heavy atom. The largest absolute Gasteiger partial charge is 0.444 e. The number of pyridine rings is 1. The van der Waals surface area contributed by atoms with E-state index in [1.165, 1.54) is 0 Å². The van der Waals surface area contributed by atoms with Crippen LogP contribution in [0.5, 0.6) is 0 Å². The van der Waals surface area contributed by atoms with Crippen LogP contribution in [-0.2, 0) is 9.53 Å². The number of piperidine rings is 1. The molecule has 1 saturated carbocycles. The maximum atomic E-state index is 12.3. The van der Waals surface area contributed by atoms with Crippen LogP contribution in [0, 0.1) is 5.92 Å². The fraction of sp³-hybridized carbons (Fsp3) is 0.571. The van der Waals surface area contributed by atoms with Gasteiger partial charge in [0.2, 0.25) is 5.91 Å². The molecule has 1 unspecified atom stereocenters. The van der Waals surface area contributed by atoms with Crippen molar-refractivity contribution in [1.82, 2.24) is 15.3 Å². The summed E-state index contributed by atoms with van der Waals surface area (Å²) in [5.74, 6) is 0.132. The van der Waals surface area contributed by atoms with Gasteiger partial charge >= 0.3 is 6.09 Å². The van der Waals surface area contributed by atoms with Crippen LogP contribution in [0.2, 0.25) is 5.02 Å². The van der Waals surface area contributed by atoms with Gasteiger partial charge in [0.15, 0.2) is 0 Å². The molecule has 8 nitrogen and oxygen atoms in total. The minimum atomic E-state index is -0.543. The summed E-state index contributed by atoms with van der Waals surface area (Å²) in [6, 6.07) is -0.0590. The van der Waals surface area contributed by atoms with Crippen LogP contribution in [0.3, 0.4) is 0 Å². The quantitative estimate of drug-likeness (QED) is 0.675. The first-order valence-electron chi connectivity index (χ1n) is 10.4. The Balaban J connectivity index is 1.57. The number of fused-ring (bicyclic) bond motifs is 1. The Kier molecular flexibility index (Phi) is 5.53. The molecule has 0 aromatic carbocycles. The van der Waals surface area contributed by atoms with E-state index in [0.29, 0.717) is 22.9 Å². The summed E-state index contributed by atoms with van der Waals surface area (Å²) in [6.45, 7) is 6.93. The molecule has 1 atom stereocenters. The molecule has 0 spiro atoms. The fourth-order valence-corrected chi connectivity index (χ4v) is 4.08. The molecule has 2 fully saturated rings. The zero-order chi connectivity index (χ0) is 21.5. The van der Waals surface area contributed by atoms with Crippen molar-refractivity contribution in [2.45, 2.75) is 58.1 Å². The summed E-state index contributed by atoms with van der Waals surface area (Å²) < 4.78 is 5.40. The third-order valence-electron chi connectivity index (χ3n) is 5.29. The Morgan fingerprint density at radius 1 is 1.30 bits per heavy atom. The van der Waals surface area contributed by atoms with Crippen molar-refractivity contribution in [1.29, 1.82) is 0 Å². The van der Waals surface area contributed by atoms with Gasteiger partial charge in [-0.2, -0.15) is 0 Å². The number of alkyl carbamates (subject to hydrolysis) is 1. The molecule has 0 bridgehead atoms. The van der Waals surface area contributed by atoms with E-state index in [1.54, 1.807) is 12.4 Å². The Morgan fingerprint density at radius 2 is 2.07 bits per heavy atom. The maximum Gasteiger partial charge on any atom is 0.407 e. The van der Waals surface area contributed by atoms with Crippen molar-refractivity contribution < 1.29 is 14.3 Å². The number of aromatic nitrogens is 2. The summed E-state index contributed by atoms with van der Waals surface area (Å²) in [5.41, 5.74) is 1.64. The molecule has 2 aliphatic rings. The van der Waals surface area contributed by atoms with Gasteiger partial charge in [0.05, 0.1) is 28.0 Å². The standard InChI is InChI=1S/C21H28ClN5O3/c1-21(2,3)30-20(29)25-13-5-4-8-27(11-13)17-14(22)9-23-18-16(17)15(10-24-18)26-19(28)12-6-7-12/h9-10,12-13H,4-8,11H2,1-3H3,(H,23,24)(H,25,29)(H,26,28). The van der Waals surface area contributed by atoms with Gasteiger partial charge in [-0.3, -0.25) is 4.79 Å². The number of carbonyl (C=O) groups excluding carboxylic acids is 2. The topological polar surface area (TPSA) is 99.3 Å². The summed E-state index contributed by atoms with van der Waals surface area (Å²) in [6.07, 6.45) is 6.59. The predicted molar refractivity (Wildman–Crippen MR) is 117 cm³/mol. The molecule has 2 aromatic heterocycles. The zero-order valence-electron chi connectivity index (χ0n) is 17.5. The average molecular weight is 434 g/mol. The van der Waals surface area contributed by atoms with Crippen LogP contribution in [0.1, 0.15) is 46.5 Å². The van der Waals surface area contributed by atoms with E-state index >= 15 is 0 Å². The molecule has 1 saturated heterocycles. The van der Waals surface area contributed by atoms with E-state index in [9.17, 15) is 9.59 Å². The van der Waals surface area contributed by atoms with E-state index in [0.717, 1.165) is 43.3 Å². The van der Waals surface area contributed by atoms with Crippen LogP contribution in [0.4, 0.5) is 16.2 Å². The second kappa shape index (κ2) is 7.98. The van der Waals surface area contributed by atoms with Crippen LogP contribution in [0.15, 0.2) is 12.4 Å². The summed E-state index contributed by atoms with van der Waals surface area (Å²) in [7, 11) is 0. The van der Waals surface area contributed by atoms with Gasteiger partial charge in [-0.25, -0.2) is 9.78 Å². The highest BCUT2D eigenvalue weighted by Crippen LogP contribution is 2.39. The molecule has 4 rings (SSSR count). The van der Waals surface area contributed by atoms with Crippen LogP contribution < -0.4 is 15.5 Å². The number of rotatable bonds is 4. The SMILES string of the molecule is CC(C)(C)OC(=O)NC1CCCN(c2c(Cl)cnc3[nH]cc(NC(=O)C4CC4)c23)C1. The number of hydrogen-bond donors (Lipinski definition) is 3. The highest BCUT2D eigenvalue weighted by Gasteiger charge is 2.31. The summed E-state index contributed by atoms with van der Waals surface area (Å²) in [5, 5.41) is 7.30. The molecular formula is C21H28ClN5O3. The van der Waals surface area contributed by atoms with E-state index in [2.05, 4.69) is 25.5 Å². The number of nitrogens with zero attached hydrogens (tertiary/aromatic N) is 2. The second-order valence-corrected chi connectivity index (χ2v) is 9.48. The third kappa shape index (κ3) is 4.64. The number of nitrogens with one attached hydrogen (secondary N) is 3. The number of halogens is 1. The van der Waals surface area contributed by atoms with Gasteiger partial charge in [-0.05, 0) is 46.5 Å². The number of aromatic amines is 1. The minimum Gasteiger partial charge on any atom is -0.444 e. The Bertz CT molecular complexity index is 963. The molecule has 1 aliphatic carbocycles. The lowest BCUT2D eigenvalue weighted by molar-refractivity contribution is -0.117. The molecule has 1 aliphatic heterocycles. The van der Waals surface area contributed by atoms with Gasteiger partial charge in [-0.1, -0.05) is 11.6 Å². The monoisotopic (exact) mass is 433 g/mol. The molecule has 162 valence electrons. The van der Waals surface area contributed by atoms with Crippen LogP contribution in [-0.4, -0.2) is 46.7 Å². The van der Waals surface area contributed by atoms with Crippen LogP contribution in [0.25, 0.3) is 11.0 Å². The molecule has 2 amide bonds. The molecular weight excluding hydrogens is 406 g/mol. The Labute approximate surface area is 180 Å². The molecule has 3 N–H and O–H groups in total. The predicted octanol–water partition coefficient (Wildman–Crippen LogP) is 4.06. The van der Waals surface area contributed by atoms with Crippen molar-refractivity contribution in [3.63, 3.8) is 0 Å². The van der Waals surface area contributed by atoms with Gasteiger partial charge < -0.3 is 25.3 Å². The molecule has 2 aromatic rings. The van der Waals surface area contributed by atoms with Gasteiger partial charge in [0.1, 0.15) is 11.2 Å². The molecule has 9 heteroatoms. The van der Waals surface area contributed by atoms with Crippen molar-refractivity contribution in [2.75, 3.05) is 23.3 Å². The van der Waals surface area contributed by atoms with Crippen molar-refractivity contribution in [2.24, 2.45) is 5.92 Å². The van der Waals surface area contributed by atoms with Crippen molar-refractivity contribution in [3.05, 3.63) is 17.4 Å². The van der Waals surface area contributed by atoms with Crippen molar-refractivity contribution in [3.8, 4) is 0 Å². The number of hydrogen-bond acceptors (Lipinski definition) is 5. The van der Waals surface area contributed by atoms with E-state index in [4.69, 9.17) is 16.3 Å². The Hall–Kier alpha value is -2.48. The van der Waals surface area contributed by atoms with Crippen LogP contribution >= 0.6 is 11.6 Å². The number of anilines is 2. The van der Waals surface area contributed by atoms with E-state index in [1.807, 2.05) is 20.8 Å². The number of ether oxygens (including phenoxy) is 1. The number of amides is 2. The highest BCUT2D eigenvalue weighted by molar-refractivity contribution is 6.35. The average Bonchev–Trinajstić information content (AvgIpc) is 3.43. The van der Waals surface area contributed by atoms with Gasteiger partial charge in [-0.15, -0.1) is 0 Å². The highest BCUT2D eigenvalue weighted by atomic mass is 35.5. The maximum absolute atomic E-state index is 12.3.